The normalized spacial score (nSPS) is 11.0. The topological polar surface area (TPSA) is 101 Å². The van der Waals surface area contributed by atoms with E-state index in [-0.39, 0.29) is 0 Å². The predicted octanol–water partition coefficient (Wildman–Crippen LogP) is 0.679. The van der Waals surface area contributed by atoms with Crippen LogP contribution in [0.3, 0.4) is 0 Å². The zero-order chi connectivity index (χ0) is 10.9. The number of unbranched alkanes of at least 4 members (excludes halogenated alkanes) is 1. The SMILES string of the molecule is CCCC.NC(CC(=O)O)C(=O)O. The first-order chi connectivity index (χ1) is 5.95. The van der Waals surface area contributed by atoms with E-state index >= 15 is 0 Å². The molecule has 0 radical (unpaired) electrons. The summed E-state index contributed by atoms with van der Waals surface area (Å²) < 4.78 is 0. The van der Waals surface area contributed by atoms with E-state index in [2.05, 4.69) is 13.8 Å². The van der Waals surface area contributed by atoms with Crippen LogP contribution in [0.4, 0.5) is 0 Å². The molecule has 0 aliphatic rings. The highest BCUT2D eigenvalue weighted by atomic mass is 16.4. The minimum Gasteiger partial charge on any atom is -0.481 e. The van der Waals surface area contributed by atoms with Gasteiger partial charge >= 0.3 is 11.9 Å². The average molecular weight is 191 g/mol. The van der Waals surface area contributed by atoms with Gasteiger partial charge in [-0.1, -0.05) is 26.7 Å². The summed E-state index contributed by atoms with van der Waals surface area (Å²) in [6.45, 7) is 4.36. The maximum absolute atomic E-state index is 9.85. The highest BCUT2D eigenvalue weighted by molar-refractivity contribution is 5.80. The summed E-state index contributed by atoms with van der Waals surface area (Å²) in [5.41, 5.74) is 4.84. The second kappa shape index (κ2) is 8.99. The number of hydrogen-bond donors (Lipinski definition) is 3. The van der Waals surface area contributed by atoms with Crippen LogP contribution in [-0.4, -0.2) is 28.2 Å². The Morgan fingerprint density at radius 1 is 1.23 bits per heavy atom. The van der Waals surface area contributed by atoms with Crippen molar-refractivity contribution in [2.24, 2.45) is 5.73 Å². The van der Waals surface area contributed by atoms with Crippen molar-refractivity contribution in [3.8, 4) is 0 Å². The zero-order valence-corrected chi connectivity index (χ0v) is 7.99. The molecule has 0 aliphatic heterocycles. The number of hydrogen-bond acceptors (Lipinski definition) is 3. The average Bonchev–Trinajstić information content (AvgIpc) is 2.03. The Morgan fingerprint density at radius 3 is 1.69 bits per heavy atom. The number of rotatable bonds is 4. The quantitative estimate of drug-likeness (QED) is 0.606. The third-order valence-corrected chi connectivity index (χ3v) is 1.21. The molecule has 0 saturated heterocycles. The summed E-state index contributed by atoms with van der Waals surface area (Å²) in [4.78, 5) is 19.6. The van der Waals surface area contributed by atoms with E-state index in [9.17, 15) is 9.59 Å². The third-order valence-electron chi connectivity index (χ3n) is 1.21. The van der Waals surface area contributed by atoms with E-state index in [1.165, 1.54) is 12.8 Å². The first kappa shape index (κ1) is 14.4. The van der Waals surface area contributed by atoms with Crippen LogP contribution in [0.15, 0.2) is 0 Å². The van der Waals surface area contributed by atoms with Crippen LogP contribution in [0.25, 0.3) is 0 Å². The van der Waals surface area contributed by atoms with Crippen LogP contribution in [0, 0.1) is 0 Å². The maximum atomic E-state index is 9.85. The smallest absolute Gasteiger partial charge is 0.321 e. The molecule has 1 atom stereocenters. The third kappa shape index (κ3) is 13.8. The first-order valence-electron chi connectivity index (χ1n) is 4.15. The summed E-state index contributed by atoms with van der Waals surface area (Å²) in [5.74, 6) is -2.50. The van der Waals surface area contributed by atoms with Crippen LogP contribution >= 0.6 is 0 Å². The Morgan fingerprint density at radius 2 is 1.62 bits per heavy atom. The van der Waals surface area contributed by atoms with Gasteiger partial charge in [0.15, 0.2) is 0 Å². The fraction of sp³-hybridized carbons (Fsp3) is 0.750. The maximum Gasteiger partial charge on any atom is 0.321 e. The Kier molecular flexibility index (Phi) is 9.98. The van der Waals surface area contributed by atoms with Gasteiger partial charge in [0, 0.05) is 0 Å². The highest BCUT2D eigenvalue weighted by Crippen LogP contribution is 1.86. The van der Waals surface area contributed by atoms with Gasteiger partial charge < -0.3 is 15.9 Å². The molecule has 0 spiro atoms. The zero-order valence-electron chi connectivity index (χ0n) is 7.99. The largest absolute Gasteiger partial charge is 0.481 e. The van der Waals surface area contributed by atoms with Crippen LogP contribution in [0.5, 0.6) is 0 Å². The molecular weight excluding hydrogens is 174 g/mol. The molecule has 0 bridgehead atoms. The number of nitrogens with two attached hydrogens (primary N) is 1. The summed E-state index contributed by atoms with van der Waals surface area (Å²) in [6.07, 6.45) is 2.11. The van der Waals surface area contributed by atoms with E-state index < -0.39 is 24.4 Å². The molecule has 0 aromatic carbocycles. The minimum atomic E-state index is -1.29. The number of aliphatic carboxylic acids is 2. The molecule has 1 unspecified atom stereocenters. The molecule has 0 heterocycles. The van der Waals surface area contributed by atoms with Gasteiger partial charge in [0.05, 0.1) is 6.42 Å². The molecule has 13 heavy (non-hydrogen) atoms. The van der Waals surface area contributed by atoms with Crippen LogP contribution < -0.4 is 5.73 Å². The standard InChI is InChI=1S/C4H7NO4.C4H10/c5-2(4(8)9)1-3(6)7;1-3-4-2/h2H,1,5H2,(H,6,7)(H,8,9);3-4H2,1-2H3. The van der Waals surface area contributed by atoms with E-state index in [1.807, 2.05) is 0 Å². The minimum absolute atomic E-state index is 0.532. The number of carboxylic acid groups (broad SMARTS) is 2. The van der Waals surface area contributed by atoms with Crippen LogP contribution in [0.1, 0.15) is 33.1 Å². The van der Waals surface area contributed by atoms with Crippen molar-refractivity contribution < 1.29 is 19.8 Å². The lowest BCUT2D eigenvalue weighted by molar-refractivity contribution is -0.144. The molecule has 0 aromatic rings. The number of carboxylic acids is 2. The van der Waals surface area contributed by atoms with E-state index in [0.29, 0.717) is 0 Å². The van der Waals surface area contributed by atoms with Gasteiger partial charge in [-0.25, -0.2) is 0 Å². The Balaban J connectivity index is 0. The summed E-state index contributed by atoms with van der Waals surface area (Å²) in [7, 11) is 0. The summed E-state index contributed by atoms with van der Waals surface area (Å²) >= 11 is 0. The van der Waals surface area contributed by atoms with Gasteiger partial charge in [0.1, 0.15) is 6.04 Å². The number of carbonyl (C=O) groups is 2. The summed E-state index contributed by atoms with van der Waals surface area (Å²) in [5, 5.41) is 16.0. The van der Waals surface area contributed by atoms with Crippen molar-refractivity contribution in [2.75, 3.05) is 0 Å². The second-order valence-corrected chi connectivity index (χ2v) is 2.54. The van der Waals surface area contributed by atoms with E-state index in [4.69, 9.17) is 15.9 Å². The highest BCUT2D eigenvalue weighted by Gasteiger charge is 2.14. The molecule has 4 N–H and O–H groups in total. The van der Waals surface area contributed by atoms with Crippen molar-refractivity contribution in [2.45, 2.75) is 39.2 Å². The van der Waals surface area contributed by atoms with E-state index in [0.717, 1.165) is 0 Å². The molecule has 5 nitrogen and oxygen atoms in total. The first-order valence-corrected chi connectivity index (χ1v) is 4.15. The van der Waals surface area contributed by atoms with Crippen molar-refractivity contribution in [3.05, 3.63) is 0 Å². The molecule has 0 aromatic heterocycles. The van der Waals surface area contributed by atoms with E-state index in [1.54, 1.807) is 0 Å². The van der Waals surface area contributed by atoms with Crippen molar-refractivity contribution in [1.82, 2.24) is 0 Å². The Bertz CT molecular complexity index is 156. The molecule has 0 amide bonds. The van der Waals surface area contributed by atoms with Gasteiger partial charge in [-0.05, 0) is 0 Å². The molecule has 0 saturated carbocycles. The molecular formula is C8H17NO4. The fourth-order valence-corrected chi connectivity index (χ4v) is 0.275. The lowest BCUT2D eigenvalue weighted by Gasteiger charge is -1.99. The van der Waals surface area contributed by atoms with Gasteiger partial charge in [0.25, 0.3) is 0 Å². The van der Waals surface area contributed by atoms with Crippen LogP contribution in [-0.2, 0) is 9.59 Å². The molecule has 0 rings (SSSR count). The van der Waals surface area contributed by atoms with Crippen LogP contribution in [0.2, 0.25) is 0 Å². The monoisotopic (exact) mass is 191 g/mol. The molecule has 5 heteroatoms. The Labute approximate surface area is 77.6 Å². The van der Waals surface area contributed by atoms with Gasteiger partial charge in [-0.15, -0.1) is 0 Å². The summed E-state index contributed by atoms with van der Waals surface area (Å²) in [6, 6.07) is -1.29. The van der Waals surface area contributed by atoms with Gasteiger partial charge in [0.2, 0.25) is 0 Å². The van der Waals surface area contributed by atoms with Gasteiger partial charge in [-0.3, -0.25) is 9.59 Å². The van der Waals surface area contributed by atoms with Crippen molar-refractivity contribution in [3.63, 3.8) is 0 Å². The van der Waals surface area contributed by atoms with Gasteiger partial charge in [-0.2, -0.15) is 0 Å². The Hall–Kier alpha value is -1.10. The molecule has 0 aliphatic carbocycles. The van der Waals surface area contributed by atoms with Crippen molar-refractivity contribution in [1.29, 1.82) is 0 Å². The molecule has 78 valence electrons. The lowest BCUT2D eigenvalue weighted by Crippen LogP contribution is -2.32. The van der Waals surface area contributed by atoms with Crippen molar-refractivity contribution >= 4 is 11.9 Å². The lowest BCUT2D eigenvalue weighted by atomic mass is 10.2. The second-order valence-electron chi connectivity index (χ2n) is 2.54. The molecule has 0 fully saturated rings. The fourth-order valence-electron chi connectivity index (χ4n) is 0.275. The predicted molar refractivity (Wildman–Crippen MR) is 48.4 cm³/mol.